The molecule has 0 aromatic carbocycles. The Labute approximate surface area is 116 Å². The molecule has 1 N–H and O–H groups in total. The van der Waals surface area contributed by atoms with Crippen LogP contribution in [0.3, 0.4) is 0 Å². The SMILES string of the molecule is CCCCCCCCCCCCCC(CC)NC. The van der Waals surface area contributed by atoms with Crippen LogP contribution in [0.1, 0.15) is 97.3 Å². The second-order valence-electron chi connectivity index (χ2n) is 5.72. The van der Waals surface area contributed by atoms with E-state index in [1.165, 1.54) is 83.5 Å². The van der Waals surface area contributed by atoms with Crippen LogP contribution in [0.25, 0.3) is 0 Å². The fraction of sp³-hybridized carbons (Fsp3) is 1.00. The zero-order valence-electron chi connectivity index (χ0n) is 13.3. The van der Waals surface area contributed by atoms with Crippen LogP contribution >= 0.6 is 0 Å². The maximum Gasteiger partial charge on any atom is 0.00614 e. The van der Waals surface area contributed by atoms with Gasteiger partial charge in [0.1, 0.15) is 0 Å². The normalized spacial score (nSPS) is 12.8. The van der Waals surface area contributed by atoms with Gasteiger partial charge in [-0.25, -0.2) is 0 Å². The maximum absolute atomic E-state index is 3.39. The molecule has 1 heteroatoms. The molecule has 0 saturated heterocycles. The summed E-state index contributed by atoms with van der Waals surface area (Å²) in [6.45, 7) is 4.57. The Bertz CT molecular complexity index is 141. The molecule has 1 nitrogen and oxygen atoms in total. The van der Waals surface area contributed by atoms with Crippen molar-refractivity contribution in [2.75, 3.05) is 7.05 Å². The molecule has 0 aromatic rings. The van der Waals surface area contributed by atoms with Crippen molar-refractivity contribution in [3.05, 3.63) is 0 Å². The van der Waals surface area contributed by atoms with Crippen molar-refractivity contribution in [2.45, 2.75) is 103 Å². The van der Waals surface area contributed by atoms with Crippen LogP contribution in [-0.2, 0) is 0 Å². The van der Waals surface area contributed by atoms with Crippen molar-refractivity contribution >= 4 is 0 Å². The molecule has 1 atom stereocenters. The average molecular weight is 255 g/mol. The van der Waals surface area contributed by atoms with Crippen molar-refractivity contribution in [3.8, 4) is 0 Å². The van der Waals surface area contributed by atoms with Gasteiger partial charge in [-0.1, -0.05) is 84.5 Å². The molecular formula is C17H37N. The summed E-state index contributed by atoms with van der Waals surface area (Å²) >= 11 is 0. The predicted molar refractivity (Wildman–Crippen MR) is 84.2 cm³/mol. The van der Waals surface area contributed by atoms with E-state index in [-0.39, 0.29) is 0 Å². The minimum Gasteiger partial charge on any atom is -0.317 e. The van der Waals surface area contributed by atoms with E-state index in [0.29, 0.717) is 0 Å². The lowest BCUT2D eigenvalue weighted by Crippen LogP contribution is -2.23. The van der Waals surface area contributed by atoms with E-state index >= 15 is 0 Å². The summed E-state index contributed by atoms with van der Waals surface area (Å²) in [7, 11) is 2.09. The van der Waals surface area contributed by atoms with E-state index in [4.69, 9.17) is 0 Å². The molecule has 0 amide bonds. The molecule has 0 spiro atoms. The van der Waals surface area contributed by atoms with Crippen molar-refractivity contribution in [1.29, 1.82) is 0 Å². The van der Waals surface area contributed by atoms with Crippen LogP contribution in [0.4, 0.5) is 0 Å². The highest BCUT2D eigenvalue weighted by atomic mass is 14.9. The minimum absolute atomic E-state index is 0.753. The molecule has 0 aliphatic carbocycles. The third kappa shape index (κ3) is 12.4. The van der Waals surface area contributed by atoms with Gasteiger partial charge >= 0.3 is 0 Å². The Morgan fingerprint density at radius 3 is 1.50 bits per heavy atom. The molecule has 0 aliphatic heterocycles. The number of hydrogen-bond acceptors (Lipinski definition) is 1. The van der Waals surface area contributed by atoms with Gasteiger partial charge in [-0.3, -0.25) is 0 Å². The lowest BCUT2D eigenvalue weighted by atomic mass is 10.0. The van der Waals surface area contributed by atoms with Gasteiger partial charge in [-0.15, -0.1) is 0 Å². The summed E-state index contributed by atoms with van der Waals surface area (Å²) in [4.78, 5) is 0. The highest BCUT2D eigenvalue weighted by molar-refractivity contribution is 4.61. The van der Waals surface area contributed by atoms with Crippen molar-refractivity contribution in [3.63, 3.8) is 0 Å². The summed E-state index contributed by atoms with van der Waals surface area (Å²) in [5.41, 5.74) is 0. The van der Waals surface area contributed by atoms with E-state index in [1.807, 2.05) is 0 Å². The largest absolute Gasteiger partial charge is 0.317 e. The van der Waals surface area contributed by atoms with Crippen LogP contribution in [-0.4, -0.2) is 13.1 Å². The molecular weight excluding hydrogens is 218 g/mol. The van der Waals surface area contributed by atoms with Crippen LogP contribution in [0.5, 0.6) is 0 Å². The first-order valence-corrected chi connectivity index (χ1v) is 8.52. The van der Waals surface area contributed by atoms with Gasteiger partial charge in [0, 0.05) is 6.04 Å². The minimum atomic E-state index is 0.753. The van der Waals surface area contributed by atoms with Gasteiger partial charge in [0.25, 0.3) is 0 Å². The van der Waals surface area contributed by atoms with E-state index in [9.17, 15) is 0 Å². The lowest BCUT2D eigenvalue weighted by Gasteiger charge is -2.12. The van der Waals surface area contributed by atoms with Crippen LogP contribution in [0.15, 0.2) is 0 Å². The first-order chi connectivity index (χ1) is 8.85. The van der Waals surface area contributed by atoms with Gasteiger partial charge in [0.2, 0.25) is 0 Å². The highest BCUT2D eigenvalue weighted by Crippen LogP contribution is 2.12. The van der Waals surface area contributed by atoms with Gasteiger partial charge in [0.15, 0.2) is 0 Å². The standard InChI is InChI=1S/C17H37N/c1-4-6-7-8-9-10-11-12-13-14-15-16-17(5-2)18-3/h17-18H,4-16H2,1-3H3. The second-order valence-corrected chi connectivity index (χ2v) is 5.72. The fourth-order valence-corrected chi connectivity index (χ4v) is 2.61. The third-order valence-corrected chi connectivity index (χ3v) is 4.06. The summed E-state index contributed by atoms with van der Waals surface area (Å²) in [5.74, 6) is 0. The van der Waals surface area contributed by atoms with Gasteiger partial charge in [-0.2, -0.15) is 0 Å². The molecule has 110 valence electrons. The van der Waals surface area contributed by atoms with E-state index < -0.39 is 0 Å². The van der Waals surface area contributed by atoms with E-state index in [1.54, 1.807) is 0 Å². The lowest BCUT2D eigenvalue weighted by molar-refractivity contribution is 0.469. The molecule has 0 rings (SSSR count). The smallest absolute Gasteiger partial charge is 0.00614 e. The monoisotopic (exact) mass is 255 g/mol. The Balaban J connectivity index is 3.03. The quantitative estimate of drug-likeness (QED) is 0.393. The molecule has 0 aromatic heterocycles. The summed E-state index contributed by atoms with van der Waals surface area (Å²) in [5, 5.41) is 3.39. The Morgan fingerprint density at radius 2 is 1.11 bits per heavy atom. The van der Waals surface area contributed by atoms with Crippen LogP contribution < -0.4 is 5.32 Å². The first-order valence-electron chi connectivity index (χ1n) is 8.52. The zero-order chi connectivity index (χ0) is 13.5. The predicted octanol–water partition coefficient (Wildman–Crippen LogP) is 5.69. The Morgan fingerprint density at radius 1 is 0.667 bits per heavy atom. The summed E-state index contributed by atoms with van der Waals surface area (Å²) < 4.78 is 0. The Hall–Kier alpha value is -0.0400. The Kier molecular flexibility index (Phi) is 15.0. The molecule has 18 heavy (non-hydrogen) atoms. The first kappa shape index (κ1) is 18.0. The van der Waals surface area contributed by atoms with E-state index in [0.717, 1.165) is 6.04 Å². The number of unbranched alkanes of at least 4 members (excludes halogenated alkanes) is 10. The number of nitrogens with one attached hydrogen (secondary N) is 1. The molecule has 0 saturated carbocycles. The average Bonchev–Trinajstić information content (AvgIpc) is 2.40. The fourth-order valence-electron chi connectivity index (χ4n) is 2.61. The van der Waals surface area contributed by atoms with Gasteiger partial charge in [-0.05, 0) is 19.9 Å². The summed E-state index contributed by atoms with van der Waals surface area (Å²) in [6, 6.07) is 0.753. The molecule has 1 unspecified atom stereocenters. The summed E-state index contributed by atoms with van der Waals surface area (Å²) in [6.07, 6.45) is 18.5. The number of hydrogen-bond donors (Lipinski definition) is 1. The molecule has 0 aliphatic rings. The van der Waals surface area contributed by atoms with Crippen LogP contribution in [0.2, 0.25) is 0 Å². The zero-order valence-corrected chi connectivity index (χ0v) is 13.3. The van der Waals surface area contributed by atoms with Crippen LogP contribution in [0, 0.1) is 0 Å². The number of rotatable bonds is 14. The maximum atomic E-state index is 3.39. The third-order valence-electron chi connectivity index (χ3n) is 4.06. The van der Waals surface area contributed by atoms with Gasteiger partial charge in [0.05, 0.1) is 0 Å². The van der Waals surface area contributed by atoms with Crippen molar-refractivity contribution < 1.29 is 0 Å². The molecule has 0 fully saturated rings. The second kappa shape index (κ2) is 15.0. The topological polar surface area (TPSA) is 12.0 Å². The van der Waals surface area contributed by atoms with E-state index in [2.05, 4.69) is 26.2 Å². The molecule has 0 heterocycles. The van der Waals surface area contributed by atoms with Crippen molar-refractivity contribution in [1.82, 2.24) is 5.32 Å². The van der Waals surface area contributed by atoms with Crippen molar-refractivity contribution in [2.24, 2.45) is 0 Å². The molecule has 0 radical (unpaired) electrons. The van der Waals surface area contributed by atoms with Gasteiger partial charge < -0.3 is 5.32 Å². The highest BCUT2D eigenvalue weighted by Gasteiger charge is 2.01. The molecule has 0 bridgehead atoms.